The highest BCUT2D eigenvalue weighted by atomic mass is 16.5. The summed E-state index contributed by atoms with van der Waals surface area (Å²) in [7, 11) is 0. The molecule has 4 nitrogen and oxygen atoms in total. The largest absolute Gasteiger partial charge is 0.454 e. The minimum Gasteiger partial charge on any atom is -0.454 e. The molecule has 0 aromatic rings. The maximum atomic E-state index is 12.1. The molecule has 21 heavy (non-hydrogen) atoms. The van der Waals surface area contributed by atoms with Gasteiger partial charge < -0.3 is 10.1 Å². The monoisotopic (exact) mass is 293 g/mol. The van der Waals surface area contributed by atoms with E-state index in [1.54, 1.807) is 13.0 Å². The van der Waals surface area contributed by atoms with Gasteiger partial charge in [-0.25, -0.2) is 4.79 Å². The number of nitrogens with one attached hydrogen (secondary N) is 1. The van der Waals surface area contributed by atoms with Gasteiger partial charge in [0.05, 0.1) is 5.57 Å². The van der Waals surface area contributed by atoms with E-state index in [0.29, 0.717) is 17.7 Å². The third-order valence-corrected chi connectivity index (χ3v) is 3.75. The Kier molecular flexibility index (Phi) is 7.80. The highest BCUT2D eigenvalue weighted by Gasteiger charge is 2.34. The number of unbranched alkanes of at least 4 members (excludes halogenated alkanes) is 5. The van der Waals surface area contributed by atoms with E-state index >= 15 is 0 Å². The van der Waals surface area contributed by atoms with E-state index in [1.807, 2.05) is 0 Å². The van der Waals surface area contributed by atoms with Crippen molar-refractivity contribution in [1.29, 1.82) is 0 Å². The predicted molar refractivity (Wildman–Crippen MR) is 83.8 cm³/mol. The summed E-state index contributed by atoms with van der Waals surface area (Å²) in [6.07, 6.45) is 9.02. The minimum atomic E-state index is -0.381. The Morgan fingerprint density at radius 1 is 1.29 bits per heavy atom. The van der Waals surface area contributed by atoms with E-state index in [2.05, 4.69) is 18.8 Å². The van der Waals surface area contributed by atoms with Crippen LogP contribution in [0.3, 0.4) is 0 Å². The SMILES string of the molecule is C=CCNC(=O)C1=C(C)C(=O)O[C@H]1CCCCCCCC. The number of carbonyl (C=O) groups is 2. The average molecular weight is 293 g/mol. The molecule has 0 radical (unpaired) electrons. The molecule has 1 aliphatic rings. The molecule has 0 saturated heterocycles. The lowest BCUT2D eigenvalue weighted by Crippen LogP contribution is -2.29. The van der Waals surface area contributed by atoms with Crippen LogP contribution in [-0.2, 0) is 14.3 Å². The van der Waals surface area contributed by atoms with Crippen molar-refractivity contribution in [2.45, 2.75) is 64.9 Å². The average Bonchev–Trinajstić information content (AvgIpc) is 2.75. The van der Waals surface area contributed by atoms with Gasteiger partial charge in [-0.2, -0.15) is 0 Å². The summed E-state index contributed by atoms with van der Waals surface area (Å²) >= 11 is 0. The molecule has 1 heterocycles. The minimum absolute atomic E-state index is 0.214. The zero-order chi connectivity index (χ0) is 15.7. The molecule has 0 spiro atoms. The van der Waals surface area contributed by atoms with Crippen LogP contribution in [0.1, 0.15) is 58.8 Å². The fourth-order valence-electron chi connectivity index (χ4n) is 2.52. The number of carbonyl (C=O) groups excluding carboxylic acids is 2. The Hall–Kier alpha value is -1.58. The van der Waals surface area contributed by atoms with Crippen molar-refractivity contribution in [1.82, 2.24) is 5.32 Å². The number of hydrogen-bond donors (Lipinski definition) is 1. The van der Waals surface area contributed by atoms with Crippen LogP contribution in [0.4, 0.5) is 0 Å². The first-order chi connectivity index (χ1) is 10.1. The molecule has 0 saturated carbocycles. The molecule has 1 aliphatic heterocycles. The van der Waals surface area contributed by atoms with E-state index in [-0.39, 0.29) is 18.0 Å². The molecule has 1 amide bonds. The Labute approximate surface area is 127 Å². The molecule has 4 heteroatoms. The molecule has 0 fully saturated rings. The zero-order valence-corrected chi connectivity index (χ0v) is 13.2. The number of amides is 1. The van der Waals surface area contributed by atoms with Crippen LogP contribution in [-0.4, -0.2) is 24.5 Å². The van der Waals surface area contributed by atoms with E-state index in [4.69, 9.17) is 4.74 Å². The molecule has 1 rings (SSSR count). The molecule has 1 atom stereocenters. The summed E-state index contributed by atoms with van der Waals surface area (Å²) in [5, 5.41) is 2.73. The predicted octanol–water partition coefficient (Wildman–Crippen LogP) is 3.28. The van der Waals surface area contributed by atoms with Crippen LogP contribution in [0.15, 0.2) is 23.8 Å². The van der Waals surface area contributed by atoms with Gasteiger partial charge in [0.15, 0.2) is 0 Å². The van der Waals surface area contributed by atoms with Crippen molar-refractivity contribution in [3.05, 3.63) is 23.8 Å². The van der Waals surface area contributed by atoms with Crippen molar-refractivity contribution in [2.24, 2.45) is 0 Å². The molecule has 118 valence electrons. The first-order valence-electron chi connectivity index (χ1n) is 7.92. The first kappa shape index (κ1) is 17.5. The van der Waals surface area contributed by atoms with Crippen molar-refractivity contribution in [2.75, 3.05) is 6.54 Å². The second-order valence-electron chi connectivity index (χ2n) is 5.49. The fourth-order valence-corrected chi connectivity index (χ4v) is 2.52. The van der Waals surface area contributed by atoms with E-state index < -0.39 is 0 Å². The molecular formula is C17H27NO3. The van der Waals surface area contributed by atoms with Gasteiger partial charge in [-0.1, -0.05) is 45.1 Å². The Balaban J connectivity index is 2.47. The van der Waals surface area contributed by atoms with Crippen molar-refractivity contribution in [3.63, 3.8) is 0 Å². The number of hydrogen-bond acceptors (Lipinski definition) is 3. The number of esters is 1. The number of ether oxygens (including phenoxy) is 1. The second-order valence-corrected chi connectivity index (χ2v) is 5.49. The first-order valence-corrected chi connectivity index (χ1v) is 7.92. The van der Waals surface area contributed by atoms with E-state index in [9.17, 15) is 9.59 Å². The van der Waals surface area contributed by atoms with Gasteiger partial charge in [0.1, 0.15) is 6.10 Å². The van der Waals surface area contributed by atoms with E-state index in [0.717, 1.165) is 19.3 Å². The van der Waals surface area contributed by atoms with Crippen LogP contribution >= 0.6 is 0 Å². The Morgan fingerprint density at radius 2 is 1.95 bits per heavy atom. The summed E-state index contributed by atoms with van der Waals surface area (Å²) in [5.41, 5.74) is 0.933. The second kappa shape index (κ2) is 9.37. The summed E-state index contributed by atoms with van der Waals surface area (Å²) in [5.74, 6) is -0.580. The molecule has 1 N–H and O–H groups in total. The van der Waals surface area contributed by atoms with Crippen LogP contribution < -0.4 is 5.32 Å². The van der Waals surface area contributed by atoms with Crippen molar-refractivity contribution in [3.8, 4) is 0 Å². The summed E-state index contributed by atoms with van der Waals surface area (Å²) < 4.78 is 5.32. The van der Waals surface area contributed by atoms with Crippen LogP contribution in [0, 0.1) is 0 Å². The maximum absolute atomic E-state index is 12.1. The van der Waals surface area contributed by atoms with E-state index in [1.165, 1.54) is 25.7 Å². The van der Waals surface area contributed by atoms with Crippen LogP contribution in [0.2, 0.25) is 0 Å². The maximum Gasteiger partial charge on any atom is 0.334 e. The van der Waals surface area contributed by atoms with Gasteiger partial charge in [-0.15, -0.1) is 6.58 Å². The lowest BCUT2D eigenvalue weighted by molar-refractivity contribution is -0.140. The Bertz CT molecular complexity index is 412. The van der Waals surface area contributed by atoms with Gasteiger partial charge in [-0.3, -0.25) is 4.79 Å². The number of rotatable bonds is 10. The highest BCUT2D eigenvalue weighted by Crippen LogP contribution is 2.26. The molecule has 0 aromatic carbocycles. The quantitative estimate of drug-likeness (QED) is 0.382. The van der Waals surface area contributed by atoms with Crippen molar-refractivity contribution >= 4 is 11.9 Å². The lowest BCUT2D eigenvalue weighted by atomic mass is 9.99. The third-order valence-electron chi connectivity index (χ3n) is 3.75. The van der Waals surface area contributed by atoms with Gasteiger partial charge in [0, 0.05) is 12.1 Å². The van der Waals surface area contributed by atoms with Gasteiger partial charge in [0.25, 0.3) is 5.91 Å². The fraction of sp³-hybridized carbons (Fsp3) is 0.647. The summed E-state index contributed by atoms with van der Waals surface area (Å²) in [6.45, 7) is 7.82. The third kappa shape index (κ3) is 5.37. The highest BCUT2D eigenvalue weighted by molar-refractivity contribution is 6.06. The van der Waals surface area contributed by atoms with Crippen LogP contribution in [0.25, 0.3) is 0 Å². The molecule has 0 aliphatic carbocycles. The zero-order valence-electron chi connectivity index (χ0n) is 13.2. The van der Waals surface area contributed by atoms with Gasteiger partial charge in [-0.05, 0) is 19.8 Å². The lowest BCUT2D eigenvalue weighted by Gasteiger charge is -2.13. The normalized spacial score (nSPS) is 17.8. The standard InChI is InChI=1S/C17H27NO3/c1-4-6-7-8-9-10-11-14-15(13(3)17(20)21-14)16(19)18-12-5-2/h5,14H,2,4,6-12H2,1,3H3,(H,18,19)/t14-/m0/s1. The molecule has 0 bridgehead atoms. The molecule has 0 aromatic heterocycles. The number of cyclic esters (lactones) is 1. The molecule has 0 unspecified atom stereocenters. The smallest absolute Gasteiger partial charge is 0.334 e. The Morgan fingerprint density at radius 3 is 2.62 bits per heavy atom. The van der Waals surface area contributed by atoms with Gasteiger partial charge in [0.2, 0.25) is 0 Å². The van der Waals surface area contributed by atoms with Crippen LogP contribution in [0.5, 0.6) is 0 Å². The topological polar surface area (TPSA) is 55.4 Å². The summed E-state index contributed by atoms with van der Waals surface area (Å²) in [6, 6.07) is 0. The molecular weight excluding hydrogens is 266 g/mol. The van der Waals surface area contributed by atoms with Crippen molar-refractivity contribution < 1.29 is 14.3 Å². The summed E-state index contributed by atoms with van der Waals surface area (Å²) in [4.78, 5) is 23.8. The van der Waals surface area contributed by atoms with Gasteiger partial charge >= 0.3 is 5.97 Å².